The van der Waals surface area contributed by atoms with Gasteiger partial charge in [0.15, 0.2) is 4.21 Å². The molecule has 3 N–H and O–H groups in total. The van der Waals surface area contributed by atoms with Crippen molar-refractivity contribution in [2.75, 3.05) is 13.2 Å². The minimum Gasteiger partial charge on any atom is -0.396 e. The zero-order chi connectivity index (χ0) is 14.1. The number of aliphatic hydroxyl groups excluding tert-OH is 1. The van der Waals surface area contributed by atoms with Gasteiger partial charge in [-0.05, 0) is 19.8 Å². The third-order valence-electron chi connectivity index (χ3n) is 3.66. The van der Waals surface area contributed by atoms with Crippen molar-refractivity contribution in [2.24, 2.45) is 5.41 Å². The van der Waals surface area contributed by atoms with Crippen LogP contribution in [0.4, 0.5) is 0 Å². The third-order valence-corrected chi connectivity index (χ3v) is 6.67. The molecule has 19 heavy (non-hydrogen) atoms. The molecule has 0 radical (unpaired) electrons. The molecule has 1 heterocycles. The van der Waals surface area contributed by atoms with Gasteiger partial charge in [-0.25, -0.2) is 13.1 Å². The fourth-order valence-corrected chi connectivity index (χ4v) is 4.98. The highest BCUT2D eigenvalue weighted by Gasteiger charge is 2.35. The lowest BCUT2D eigenvalue weighted by molar-refractivity contribution is 0.134. The van der Waals surface area contributed by atoms with Crippen molar-refractivity contribution in [3.63, 3.8) is 0 Å². The summed E-state index contributed by atoms with van der Waals surface area (Å²) in [5.41, 5.74) is 0.00868. The van der Waals surface area contributed by atoms with Crippen molar-refractivity contribution in [1.82, 2.24) is 9.71 Å². The van der Waals surface area contributed by atoms with Crippen molar-refractivity contribution in [3.05, 3.63) is 15.4 Å². The van der Waals surface area contributed by atoms with E-state index in [1.165, 1.54) is 0 Å². The maximum absolute atomic E-state index is 12.1. The smallest absolute Gasteiger partial charge is 0.305 e. The summed E-state index contributed by atoms with van der Waals surface area (Å²) in [6, 6.07) is 0. The van der Waals surface area contributed by atoms with Gasteiger partial charge in [0.25, 0.3) is 10.0 Å². The summed E-state index contributed by atoms with van der Waals surface area (Å²) in [4.78, 5) is 13.2. The predicted octanol–water partition coefficient (Wildman–Crippen LogP) is 0.576. The molecule has 1 aliphatic carbocycles. The first-order valence-electron chi connectivity index (χ1n) is 6.19. The Morgan fingerprint density at radius 2 is 2.05 bits per heavy atom. The van der Waals surface area contributed by atoms with E-state index in [4.69, 9.17) is 0 Å². The second-order valence-corrected chi connectivity index (χ2v) is 8.06. The van der Waals surface area contributed by atoms with Crippen molar-refractivity contribution < 1.29 is 13.5 Å². The zero-order valence-corrected chi connectivity index (χ0v) is 12.4. The monoisotopic (exact) mass is 306 g/mol. The van der Waals surface area contributed by atoms with Gasteiger partial charge in [-0.3, -0.25) is 4.79 Å². The van der Waals surface area contributed by atoms with Crippen LogP contribution in [0.1, 0.15) is 31.4 Å². The lowest BCUT2D eigenvalue weighted by Crippen LogP contribution is -2.38. The van der Waals surface area contributed by atoms with Gasteiger partial charge < -0.3 is 10.1 Å². The number of hydrogen-bond acceptors (Lipinski definition) is 5. The molecule has 0 atom stereocenters. The number of hydrogen-bond donors (Lipinski definition) is 3. The minimum absolute atomic E-state index is 0.0160. The molecule has 1 aromatic rings. The van der Waals surface area contributed by atoms with E-state index in [0.29, 0.717) is 17.0 Å². The Morgan fingerprint density at radius 3 is 2.53 bits per heavy atom. The molecule has 1 saturated carbocycles. The Labute approximate surface area is 115 Å². The fraction of sp³-hybridized carbons (Fsp3) is 0.727. The van der Waals surface area contributed by atoms with Crippen LogP contribution in [0, 0.1) is 12.3 Å². The average molecular weight is 306 g/mol. The van der Waals surface area contributed by atoms with Crippen LogP contribution in [-0.2, 0) is 10.0 Å². The lowest BCUT2D eigenvalue weighted by atomic mass is 9.88. The molecule has 0 spiro atoms. The standard InChI is InChI=1S/C11H18N2O4S2/c1-8-9(18-10(15)13-8)19(16,17)12-6-11(7-14)4-2-3-5-11/h12,14H,2-7H2,1H3,(H,13,15). The van der Waals surface area contributed by atoms with Crippen LogP contribution in [0.3, 0.4) is 0 Å². The number of H-pyrrole nitrogens is 1. The predicted molar refractivity (Wildman–Crippen MR) is 72.9 cm³/mol. The first kappa shape index (κ1) is 14.7. The minimum atomic E-state index is -3.68. The van der Waals surface area contributed by atoms with Gasteiger partial charge in [0.05, 0.1) is 0 Å². The van der Waals surface area contributed by atoms with Crippen molar-refractivity contribution >= 4 is 21.4 Å². The molecule has 0 saturated heterocycles. The number of aryl methyl sites for hydroxylation is 1. The van der Waals surface area contributed by atoms with E-state index in [2.05, 4.69) is 9.71 Å². The Bertz CT molecular complexity index is 596. The van der Waals surface area contributed by atoms with Gasteiger partial charge in [-0.15, -0.1) is 0 Å². The molecular weight excluding hydrogens is 288 g/mol. The molecule has 108 valence electrons. The first-order chi connectivity index (χ1) is 8.88. The first-order valence-corrected chi connectivity index (χ1v) is 8.49. The van der Waals surface area contributed by atoms with Crippen LogP contribution in [0.15, 0.2) is 9.00 Å². The van der Waals surface area contributed by atoms with Crippen molar-refractivity contribution in [3.8, 4) is 0 Å². The number of nitrogens with one attached hydrogen (secondary N) is 2. The maximum atomic E-state index is 12.1. The molecule has 0 unspecified atom stereocenters. The summed E-state index contributed by atoms with van der Waals surface area (Å²) >= 11 is 0.686. The van der Waals surface area contributed by atoms with E-state index in [1.54, 1.807) is 6.92 Å². The number of aromatic nitrogens is 1. The zero-order valence-electron chi connectivity index (χ0n) is 10.7. The van der Waals surface area contributed by atoms with Crippen LogP contribution < -0.4 is 9.60 Å². The van der Waals surface area contributed by atoms with Crippen molar-refractivity contribution in [1.29, 1.82) is 0 Å². The molecule has 1 aromatic heterocycles. The number of aromatic amines is 1. The second kappa shape index (κ2) is 5.35. The lowest BCUT2D eigenvalue weighted by Gasteiger charge is -2.26. The number of rotatable bonds is 5. The normalized spacial score (nSPS) is 18.8. The summed E-state index contributed by atoms with van der Waals surface area (Å²) in [7, 11) is -3.68. The Morgan fingerprint density at radius 1 is 1.42 bits per heavy atom. The van der Waals surface area contributed by atoms with Crippen molar-refractivity contribution in [2.45, 2.75) is 36.8 Å². The van der Waals surface area contributed by atoms with Crippen LogP contribution >= 0.6 is 11.3 Å². The molecule has 0 bridgehead atoms. The highest BCUT2D eigenvalue weighted by atomic mass is 32.2. The molecule has 2 rings (SSSR count). The molecule has 8 heteroatoms. The van der Waals surface area contributed by atoms with Gasteiger partial charge in [-0.2, -0.15) is 0 Å². The fourth-order valence-electron chi connectivity index (χ4n) is 2.48. The van der Waals surface area contributed by atoms with Crippen LogP contribution in [0.25, 0.3) is 0 Å². The molecule has 0 aliphatic heterocycles. The van der Waals surface area contributed by atoms with Gasteiger partial charge in [0, 0.05) is 24.3 Å². The average Bonchev–Trinajstić information content (AvgIpc) is 2.95. The van der Waals surface area contributed by atoms with E-state index in [0.717, 1.165) is 25.7 Å². The summed E-state index contributed by atoms with van der Waals surface area (Å²) < 4.78 is 26.8. The summed E-state index contributed by atoms with van der Waals surface area (Å²) in [5.74, 6) is 0. The highest BCUT2D eigenvalue weighted by molar-refractivity contribution is 7.91. The number of thiazole rings is 1. The highest BCUT2D eigenvalue weighted by Crippen LogP contribution is 2.37. The SMILES string of the molecule is Cc1[nH]c(=O)sc1S(=O)(=O)NCC1(CO)CCCC1. The van der Waals surface area contributed by atoms with E-state index in [-0.39, 0.29) is 27.6 Å². The van der Waals surface area contributed by atoms with Gasteiger partial charge in [0.2, 0.25) is 0 Å². The van der Waals surface area contributed by atoms with E-state index < -0.39 is 10.0 Å². The van der Waals surface area contributed by atoms with Gasteiger partial charge in [0.1, 0.15) is 0 Å². The molecule has 6 nitrogen and oxygen atoms in total. The number of aliphatic hydroxyl groups is 1. The largest absolute Gasteiger partial charge is 0.396 e. The van der Waals surface area contributed by atoms with Gasteiger partial charge >= 0.3 is 4.87 Å². The summed E-state index contributed by atoms with van der Waals surface area (Å²) in [5, 5.41) is 9.45. The quantitative estimate of drug-likeness (QED) is 0.741. The molecular formula is C11H18N2O4S2. The Hall–Kier alpha value is -0.700. The Kier molecular flexibility index (Phi) is 4.14. The van der Waals surface area contributed by atoms with Crippen LogP contribution in [0.5, 0.6) is 0 Å². The third kappa shape index (κ3) is 3.07. The number of sulfonamides is 1. The van der Waals surface area contributed by atoms with E-state index in [1.807, 2.05) is 0 Å². The molecule has 0 aromatic carbocycles. The van der Waals surface area contributed by atoms with E-state index in [9.17, 15) is 18.3 Å². The molecule has 0 amide bonds. The summed E-state index contributed by atoms with van der Waals surface area (Å²) in [6.07, 6.45) is 3.68. The molecule has 1 aliphatic rings. The van der Waals surface area contributed by atoms with Crippen LogP contribution in [-0.4, -0.2) is 31.7 Å². The molecule has 1 fully saturated rings. The van der Waals surface area contributed by atoms with Gasteiger partial charge in [-0.1, -0.05) is 24.2 Å². The summed E-state index contributed by atoms with van der Waals surface area (Å²) in [6.45, 7) is 1.76. The topological polar surface area (TPSA) is 99.3 Å². The van der Waals surface area contributed by atoms with E-state index >= 15 is 0 Å². The second-order valence-electron chi connectivity index (χ2n) is 5.12. The Balaban J connectivity index is 2.14. The van der Waals surface area contributed by atoms with Crippen LogP contribution in [0.2, 0.25) is 0 Å². The maximum Gasteiger partial charge on any atom is 0.305 e.